The molecule has 0 amide bonds. The highest BCUT2D eigenvalue weighted by atomic mass is 16.3. The number of hydrogen-bond donors (Lipinski definition) is 2. The van der Waals surface area contributed by atoms with Gasteiger partial charge in [-0.1, -0.05) is 11.6 Å². The van der Waals surface area contributed by atoms with Gasteiger partial charge in [-0.3, -0.25) is 4.99 Å². The summed E-state index contributed by atoms with van der Waals surface area (Å²) in [5.74, 6) is 0.323. The number of benzene rings is 2. The van der Waals surface area contributed by atoms with Crippen LogP contribution in [0.1, 0.15) is 22.3 Å². The van der Waals surface area contributed by atoms with E-state index in [1.165, 1.54) is 0 Å². The van der Waals surface area contributed by atoms with Crippen LogP contribution in [0.2, 0.25) is 0 Å². The molecule has 0 saturated heterocycles. The zero-order valence-corrected chi connectivity index (χ0v) is 11.3. The molecular formula is C16H17NO2. The van der Waals surface area contributed by atoms with E-state index in [2.05, 4.69) is 4.99 Å². The minimum Gasteiger partial charge on any atom is -0.507 e. The summed E-state index contributed by atoms with van der Waals surface area (Å²) >= 11 is 0. The molecule has 0 unspecified atom stereocenters. The van der Waals surface area contributed by atoms with Crippen LogP contribution in [-0.2, 0) is 0 Å². The summed E-state index contributed by atoms with van der Waals surface area (Å²) < 4.78 is 0. The Morgan fingerprint density at radius 1 is 0.895 bits per heavy atom. The average Bonchev–Trinajstić information content (AvgIpc) is 2.36. The number of aliphatic imine (C=N–C) groups is 1. The monoisotopic (exact) mass is 255 g/mol. The lowest BCUT2D eigenvalue weighted by Crippen LogP contribution is -1.85. The summed E-state index contributed by atoms with van der Waals surface area (Å²) in [4.78, 5) is 4.24. The maximum absolute atomic E-state index is 9.84. The van der Waals surface area contributed by atoms with E-state index in [4.69, 9.17) is 0 Å². The minimum atomic E-state index is 0.145. The van der Waals surface area contributed by atoms with Gasteiger partial charge in [-0.05, 0) is 56.2 Å². The number of phenols is 2. The standard InChI is InChI=1S/C16H17NO2/c1-10-4-5-15(18)13(6-10)9-17-14-7-11(2)12(3)8-16(14)19/h4-9,18-19H,1-3H3. The first-order valence-electron chi connectivity index (χ1n) is 6.11. The summed E-state index contributed by atoms with van der Waals surface area (Å²) in [7, 11) is 0. The molecule has 0 bridgehead atoms. The summed E-state index contributed by atoms with van der Waals surface area (Å²) in [5.41, 5.74) is 4.28. The third kappa shape index (κ3) is 2.94. The maximum Gasteiger partial charge on any atom is 0.141 e. The molecule has 2 rings (SSSR count). The first kappa shape index (κ1) is 13.1. The second-order valence-electron chi connectivity index (χ2n) is 4.75. The largest absolute Gasteiger partial charge is 0.507 e. The summed E-state index contributed by atoms with van der Waals surface area (Å²) in [6, 6.07) is 8.83. The van der Waals surface area contributed by atoms with E-state index in [1.54, 1.807) is 18.3 Å². The second-order valence-corrected chi connectivity index (χ2v) is 4.75. The Hall–Kier alpha value is -2.29. The van der Waals surface area contributed by atoms with Crippen molar-refractivity contribution in [3.8, 4) is 11.5 Å². The molecule has 0 fully saturated rings. The van der Waals surface area contributed by atoms with Gasteiger partial charge in [0.15, 0.2) is 0 Å². The van der Waals surface area contributed by atoms with Crippen LogP contribution in [0.5, 0.6) is 11.5 Å². The Morgan fingerprint density at radius 2 is 1.58 bits per heavy atom. The minimum absolute atomic E-state index is 0.145. The number of aromatic hydroxyl groups is 2. The Balaban J connectivity index is 2.38. The fourth-order valence-electron chi connectivity index (χ4n) is 1.81. The van der Waals surface area contributed by atoms with Crippen LogP contribution in [-0.4, -0.2) is 16.4 Å². The van der Waals surface area contributed by atoms with Crippen LogP contribution in [0.3, 0.4) is 0 Å². The van der Waals surface area contributed by atoms with Crippen molar-refractivity contribution >= 4 is 11.9 Å². The lowest BCUT2D eigenvalue weighted by atomic mass is 10.1. The average molecular weight is 255 g/mol. The molecule has 98 valence electrons. The van der Waals surface area contributed by atoms with Crippen molar-refractivity contribution < 1.29 is 10.2 Å². The van der Waals surface area contributed by atoms with Crippen LogP contribution in [0, 0.1) is 20.8 Å². The predicted molar refractivity (Wildman–Crippen MR) is 77.7 cm³/mol. The topological polar surface area (TPSA) is 52.8 Å². The molecular weight excluding hydrogens is 238 g/mol. The van der Waals surface area contributed by atoms with Crippen LogP contribution in [0.4, 0.5) is 5.69 Å². The van der Waals surface area contributed by atoms with Crippen molar-refractivity contribution in [2.24, 2.45) is 4.99 Å². The number of aryl methyl sites for hydroxylation is 3. The molecule has 2 N–H and O–H groups in total. The Labute approximate surface area is 112 Å². The molecule has 0 radical (unpaired) electrons. The molecule has 3 heteroatoms. The number of hydrogen-bond acceptors (Lipinski definition) is 3. The lowest BCUT2D eigenvalue weighted by Gasteiger charge is -2.05. The molecule has 0 atom stereocenters. The van der Waals surface area contributed by atoms with Gasteiger partial charge in [0.25, 0.3) is 0 Å². The first-order valence-corrected chi connectivity index (χ1v) is 6.11. The van der Waals surface area contributed by atoms with E-state index >= 15 is 0 Å². The van der Waals surface area contributed by atoms with Gasteiger partial charge in [-0.15, -0.1) is 0 Å². The fourth-order valence-corrected chi connectivity index (χ4v) is 1.81. The molecule has 0 heterocycles. The highest BCUT2D eigenvalue weighted by Gasteiger charge is 2.03. The smallest absolute Gasteiger partial charge is 0.141 e. The predicted octanol–water partition coefficient (Wildman–Crippen LogP) is 3.77. The zero-order valence-electron chi connectivity index (χ0n) is 11.3. The first-order chi connectivity index (χ1) is 8.97. The van der Waals surface area contributed by atoms with Crippen LogP contribution in [0.25, 0.3) is 0 Å². The van der Waals surface area contributed by atoms with E-state index in [1.807, 2.05) is 39.0 Å². The molecule has 0 aromatic heterocycles. The Bertz CT molecular complexity index is 645. The summed E-state index contributed by atoms with van der Waals surface area (Å²) in [6.07, 6.45) is 1.56. The third-order valence-electron chi connectivity index (χ3n) is 3.12. The van der Waals surface area contributed by atoms with Gasteiger partial charge in [0.1, 0.15) is 17.2 Å². The van der Waals surface area contributed by atoms with Gasteiger partial charge >= 0.3 is 0 Å². The highest BCUT2D eigenvalue weighted by molar-refractivity contribution is 5.86. The van der Waals surface area contributed by atoms with Crippen molar-refractivity contribution in [2.45, 2.75) is 20.8 Å². The van der Waals surface area contributed by atoms with Gasteiger partial charge in [0, 0.05) is 11.8 Å². The molecule has 0 saturated carbocycles. The van der Waals surface area contributed by atoms with E-state index < -0.39 is 0 Å². The molecule has 0 aliphatic rings. The van der Waals surface area contributed by atoms with Crippen molar-refractivity contribution in [1.82, 2.24) is 0 Å². The Kier molecular flexibility index (Phi) is 3.56. The molecule has 0 aliphatic carbocycles. The van der Waals surface area contributed by atoms with E-state index in [0.717, 1.165) is 16.7 Å². The van der Waals surface area contributed by atoms with Gasteiger partial charge in [-0.2, -0.15) is 0 Å². The molecule has 3 nitrogen and oxygen atoms in total. The zero-order chi connectivity index (χ0) is 14.0. The van der Waals surface area contributed by atoms with E-state index in [0.29, 0.717) is 11.3 Å². The van der Waals surface area contributed by atoms with Crippen molar-refractivity contribution in [2.75, 3.05) is 0 Å². The van der Waals surface area contributed by atoms with Crippen LogP contribution < -0.4 is 0 Å². The van der Waals surface area contributed by atoms with Crippen molar-refractivity contribution in [1.29, 1.82) is 0 Å². The normalized spacial score (nSPS) is 11.1. The highest BCUT2D eigenvalue weighted by Crippen LogP contribution is 2.29. The second kappa shape index (κ2) is 5.14. The van der Waals surface area contributed by atoms with E-state index in [-0.39, 0.29) is 11.5 Å². The Morgan fingerprint density at radius 3 is 2.32 bits per heavy atom. The van der Waals surface area contributed by atoms with Gasteiger partial charge in [0.2, 0.25) is 0 Å². The molecule has 2 aromatic rings. The molecule has 0 aliphatic heterocycles. The summed E-state index contributed by atoms with van der Waals surface area (Å²) in [5, 5.41) is 19.6. The fraction of sp³-hybridized carbons (Fsp3) is 0.188. The molecule has 2 aromatic carbocycles. The van der Waals surface area contributed by atoms with Crippen LogP contribution in [0.15, 0.2) is 35.3 Å². The molecule has 19 heavy (non-hydrogen) atoms. The number of rotatable bonds is 2. The quantitative estimate of drug-likeness (QED) is 0.802. The molecule has 0 spiro atoms. The SMILES string of the molecule is Cc1ccc(O)c(C=Nc2cc(C)c(C)cc2O)c1. The van der Waals surface area contributed by atoms with Gasteiger partial charge in [-0.25, -0.2) is 0 Å². The van der Waals surface area contributed by atoms with Crippen molar-refractivity contribution in [3.05, 3.63) is 52.6 Å². The number of phenolic OH excluding ortho intramolecular Hbond substituents is 2. The van der Waals surface area contributed by atoms with E-state index in [9.17, 15) is 10.2 Å². The number of nitrogens with zero attached hydrogens (tertiary/aromatic N) is 1. The van der Waals surface area contributed by atoms with Gasteiger partial charge < -0.3 is 10.2 Å². The van der Waals surface area contributed by atoms with Gasteiger partial charge in [0.05, 0.1) is 0 Å². The third-order valence-corrected chi connectivity index (χ3v) is 3.12. The van der Waals surface area contributed by atoms with Crippen LogP contribution >= 0.6 is 0 Å². The maximum atomic E-state index is 9.84. The summed E-state index contributed by atoms with van der Waals surface area (Å²) in [6.45, 7) is 5.86. The van der Waals surface area contributed by atoms with Crippen molar-refractivity contribution in [3.63, 3.8) is 0 Å². The lowest BCUT2D eigenvalue weighted by molar-refractivity contribution is 0.473.